The molecule has 0 fully saturated rings. The van der Waals surface area contributed by atoms with Crippen LogP contribution in [0.3, 0.4) is 0 Å². The molecule has 0 aromatic heterocycles. The Balaban J connectivity index is 0. The van der Waals surface area contributed by atoms with Crippen molar-refractivity contribution < 1.29 is 0 Å². The third kappa shape index (κ3) is 6.54. The average Bonchev–Trinajstić information content (AvgIpc) is 2.19. The van der Waals surface area contributed by atoms with Crippen LogP contribution in [0.15, 0.2) is 23.8 Å². The highest BCUT2D eigenvalue weighted by atomic mass is 14.2. The Bertz CT molecular complexity index is 174. The SMILES string of the molecule is C/C=C\C(=C/C)C(C(C)C)C(C)C.CC. The molecule has 0 saturated carbocycles. The van der Waals surface area contributed by atoms with Crippen LogP contribution in [0, 0.1) is 17.8 Å². The van der Waals surface area contributed by atoms with Gasteiger partial charge in [0.15, 0.2) is 0 Å². The third-order valence-corrected chi connectivity index (χ3v) is 2.51. The summed E-state index contributed by atoms with van der Waals surface area (Å²) in [4.78, 5) is 0. The first-order valence-electron chi connectivity index (χ1n) is 6.33. The van der Waals surface area contributed by atoms with E-state index in [-0.39, 0.29) is 0 Å². The number of rotatable bonds is 4. The minimum absolute atomic E-state index is 0.696. The molecule has 0 aromatic carbocycles. The Morgan fingerprint density at radius 2 is 1.27 bits per heavy atom. The Labute approximate surface area is 97.5 Å². The van der Waals surface area contributed by atoms with Gasteiger partial charge in [-0.3, -0.25) is 0 Å². The van der Waals surface area contributed by atoms with Crippen LogP contribution in [0.1, 0.15) is 55.4 Å². The lowest BCUT2D eigenvalue weighted by Crippen LogP contribution is -2.17. The Morgan fingerprint density at radius 1 is 0.867 bits per heavy atom. The summed E-state index contributed by atoms with van der Waals surface area (Å²) in [5, 5.41) is 0. The zero-order chi connectivity index (χ0) is 12.4. The lowest BCUT2D eigenvalue weighted by molar-refractivity contribution is 0.343. The van der Waals surface area contributed by atoms with Crippen LogP contribution >= 0.6 is 0 Å². The lowest BCUT2D eigenvalue weighted by Gasteiger charge is -2.26. The summed E-state index contributed by atoms with van der Waals surface area (Å²) in [5.41, 5.74) is 1.48. The maximum atomic E-state index is 2.30. The highest BCUT2D eigenvalue weighted by molar-refractivity contribution is 5.21. The summed E-state index contributed by atoms with van der Waals surface area (Å²) < 4.78 is 0. The van der Waals surface area contributed by atoms with Gasteiger partial charge >= 0.3 is 0 Å². The summed E-state index contributed by atoms with van der Waals surface area (Å²) in [6.45, 7) is 17.4. The maximum Gasteiger partial charge on any atom is -0.0119 e. The molecule has 0 amide bonds. The molecular weight excluding hydrogens is 180 g/mol. The zero-order valence-corrected chi connectivity index (χ0v) is 12.0. The van der Waals surface area contributed by atoms with E-state index in [0.717, 1.165) is 11.8 Å². The van der Waals surface area contributed by atoms with E-state index in [1.807, 2.05) is 13.8 Å². The van der Waals surface area contributed by atoms with Gasteiger partial charge in [-0.2, -0.15) is 0 Å². The molecule has 15 heavy (non-hydrogen) atoms. The zero-order valence-electron chi connectivity index (χ0n) is 12.0. The Hall–Kier alpha value is -0.520. The second-order valence-electron chi connectivity index (χ2n) is 4.30. The van der Waals surface area contributed by atoms with E-state index in [9.17, 15) is 0 Å². The highest BCUT2D eigenvalue weighted by Gasteiger charge is 2.19. The van der Waals surface area contributed by atoms with Gasteiger partial charge in [0.2, 0.25) is 0 Å². The van der Waals surface area contributed by atoms with Gasteiger partial charge in [-0.05, 0) is 37.2 Å². The van der Waals surface area contributed by atoms with E-state index in [4.69, 9.17) is 0 Å². The molecule has 0 rings (SSSR count). The smallest absolute Gasteiger partial charge is 0.0119 e. The van der Waals surface area contributed by atoms with Gasteiger partial charge in [-0.1, -0.05) is 59.8 Å². The summed E-state index contributed by atoms with van der Waals surface area (Å²) in [6.07, 6.45) is 6.61. The van der Waals surface area contributed by atoms with Crippen molar-refractivity contribution in [3.63, 3.8) is 0 Å². The molecule has 0 aliphatic carbocycles. The normalized spacial score (nSPS) is 12.6. The molecule has 0 spiro atoms. The third-order valence-electron chi connectivity index (χ3n) is 2.51. The maximum absolute atomic E-state index is 2.30. The van der Waals surface area contributed by atoms with Crippen molar-refractivity contribution in [3.8, 4) is 0 Å². The van der Waals surface area contributed by atoms with Crippen molar-refractivity contribution >= 4 is 0 Å². The van der Waals surface area contributed by atoms with Crippen molar-refractivity contribution in [1.29, 1.82) is 0 Å². The first kappa shape index (κ1) is 16.9. The minimum atomic E-state index is 0.696. The molecule has 0 bridgehead atoms. The quantitative estimate of drug-likeness (QED) is 0.540. The van der Waals surface area contributed by atoms with Crippen molar-refractivity contribution in [2.45, 2.75) is 55.4 Å². The molecule has 0 aliphatic rings. The Kier molecular flexibility index (Phi) is 11.3. The molecule has 0 unspecified atom stereocenters. The molecule has 0 atom stereocenters. The average molecular weight is 210 g/mol. The van der Waals surface area contributed by atoms with E-state index >= 15 is 0 Å². The van der Waals surface area contributed by atoms with E-state index < -0.39 is 0 Å². The molecule has 0 aromatic rings. The van der Waals surface area contributed by atoms with Crippen molar-refractivity contribution in [2.75, 3.05) is 0 Å². The van der Waals surface area contributed by atoms with Crippen molar-refractivity contribution in [1.82, 2.24) is 0 Å². The van der Waals surface area contributed by atoms with Crippen molar-refractivity contribution in [2.24, 2.45) is 17.8 Å². The van der Waals surface area contributed by atoms with Gasteiger partial charge in [0.05, 0.1) is 0 Å². The Morgan fingerprint density at radius 3 is 1.47 bits per heavy atom. The van der Waals surface area contributed by atoms with Gasteiger partial charge in [0.25, 0.3) is 0 Å². The van der Waals surface area contributed by atoms with Crippen LogP contribution in [0.4, 0.5) is 0 Å². The predicted octanol–water partition coefficient (Wildman–Crippen LogP) is 5.46. The fourth-order valence-corrected chi connectivity index (χ4v) is 2.13. The van der Waals surface area contributed by atoms with Gasteiger partial charge in [0, 0.05) is 0 Å². The fraction of sp³-hybridized carbons (Fsp3) is 0.733. The highest BCUT2D eigenvalue weighted by Crippen LogP contribution is 2.28. The molecule has 0 N–H and O–H groups in total. The molecular formula is C15H30. The molecule has 0 radical (unpaired) electrons. The second kappa shape index (κ2) is 10.0. The number of hydrogen-bond acceptors (Lipinski definition) is 0. The van der Waals surface area contributed by atoms with Crippen LogP contribution in [-0.2, 0) is 0 Å². The molecule has 0 heterocycles. The topological polar surface area (TPSA) is 0 Å². The standard InChI is InChI=1S/C13H24.C2H6/c1-7-9-12(8-2)13(10(3)4)11(5)6;1-2/h7-11,13H,1-6H3;1-2H3/b9-7-,12-8+;. The van der Waals surface area contributed by atoms with Gasteiger partial charge in [0.1, 0.15) is 0 Å². The predicted molar refractivity (Wildman–Crippen MR) is 73.1 cm³/mol. The largest absolute Gasteiger partial charge is 0.0874 e. The number of allylic oxidation sites excluding steroid dienone is 4. The van der Waals surface area contributed by atoms with E-state index in [0.29, 0.717) is 5.92 Å². The number of hydrogen-bond donors (Lipinski definition) is 0. The second-order valence-corrected chi connectivity index (χ2v) is 4.30. The van der Waals surface area contributed by atoms with E-state index in [1.165, 1.54) is 5.57 Å². The summed E-state index contributed by atoms with van der Waals surface area (Å²) >= 11 is 0. The molecule has 0 nitrogen and oxygen atoms in total. The monoisotopic (exact) mass is 210 g/mol. The first-order chi connectivity index (χ1) is 7.04. The first-order valence-corrected chi connectivity index (χ1v) is 6.33. The molecule has 0 aliphatic heterocycles. The van der Waals surface area contributed by atoms with Crippen LogP contribution < -0.4 is 0 Å². The minimum Gasteiger partial charge on any atom is -0.0874 e. The van der Waals surface area contributed by atoms with Crippen molar-refractivity contribution in [3.05, 3.63) is 23.8 Å². The van der Waals surface area contributed by atoms with E-state index in [2.05, 4.69) is 59.8 Å². The lowest BCUT2D eigenvalue weighted by atomic mass is 9.79. The van der Waals surface area contributed by atoms with Gasteiger partial charge < -0.3 is 0 Å². The summed E-state index contributed by atoms with van der Waals surface area (Å²) in [5.74, 6) is 2.14. The molecule has 0 heteroatoms. The van der Waals surface area contributed by atoms with Crippen LogP contribution in [-0.4, -0.2) is 0 Å². The summed E-state index contributed by atoms with van der Waals surface area (Å²) in [6, 6.07) is 0. The van der Waals surface area contributed by atoms with E-state index in [1.54, 1.807) is 0 Å². The summed E-state index contributed by atoms with van der Waals surface area (Å²) in [7, 11) is 0. The van der Waals surface area contributed by atoms with Crippen LogP contribution in [0.2, 0.25) is 0 Å². The van der Waals surface area contributed by atoms with Gasteiger partial charge in [-0.15, -0.1) is 0 Å². The van der Waals surface area contributed by atoms with Gasteiger partial charge in [-0.25, -0.2) is 0 Å². The van der Waals surface area contributed by atoms with Crippen LogP contribution in [0.5, 0.6) is 0 Å². The fourth-order valence-electron chi connectivity index (χ4n) is 2.13. The molecule has 0 saturated heterocycles. The van der Waals surface area contributed by atoms with Crippen LogP contribution in [0.25, 0.3) is 0 Å². The molecule has 90 valence electrons.